The third kappa shape index (κ3) is 3.87. The van der Waals surface area contributed by atoms with Crippen LogP contribution in [0.5, 0.6) is 0 Å². The number of aryl methyl sites for hydroxylation is 1. The van der Waals surface area contributed by atoms with E-state index in [1.54, 1.807) is 4.90 Å². The molecule has 6 heteroatoms. The predicted molar refractivity (Wildman–Crippen MR) is 90.5 cm³/mol. The van der Waals surface area contributed by atoms with Crippen molar-refractivity contribution in [2.24, 2.45) is 0 Å². The van der Waals surface area contributed by atoms with E-state index in [-0.39, 0.29) is 18.0 Å². The molecule has 0 aromatic heterocycles. The van der Waals surface area contributed by atoms with E-state index in [0.29, 0.717) is 39.3 Å². The van der Waals surface area contributed by atoms with Crippen LogP contribution in [0.3, 0.4) is 0 Å². The summed E-state index contributed by atoms with van der Waals surface area (Å²) in [5.74, 6) is 0.0764. The number of carbonyl (C=O) groups excluding carboxylic acids is 2. The molecule has 3 rings (SSSR count). The van der Waals surface area contributed by atoms with E-state index in [2.05, 4.69) is 5.32 Å². The highest BCUT2D eigenvalue weighted by molar-refractivity contribution is 5.81. The summed E-state index contributed by atoms with van der Waals surface area (Å²) in [7, 11) is 0. The average Bonchev–Trinajstić information content (AvgIpc) is 3.15. The first-order valence-corrected chi connectivity index (χ1v) is 8.63. The van der Waals surface area contributed by atoms with Crippen LogP contribution in [0.25, 0.3) is 0 Å². The molecule has 2 aliphatic rings. The second-order valence-corrected chi connectivity index (χ2v) is 6.40. The highest BCUT2D eigenvalue weighted by atomic mass is 16.5. The van der Waals surface area contributed by atoms with Gasteiger partial charge in [0.15, 0.2) is 0 Å². The molecule has 1 unspecified atom stereocenters. The van der Waals surface area contributed by atoms with Gasteiger partial charge in [0, 0.05) is 39.3 Å². The number of urea groups is 1. The number of rotatable bonds is 3. The zero-order valence-corrected chi connectivity index (χ0v) is 14.2. The largest absolute Gasteiger partial charge is 0.368 e. The molecule has 2 saturated heterocycles. The van der Waals surface area contributed by atoms with Crippen LogP contribution in [-0.2, 0) is 16.1 Å². The fourth-order valence-corrected chi connectivity index (χ4v) is 3.20. The van der Waals surface area contributed by atoms with Gasteiger partial charge in [-0.05, 0) is 30.9 Å². The van der Waals surface area contributed by atoms with Gasteiger partial charge in [0.05, 0.1) is 0 Å². The maximum absolute atomic E-state index is 12.3. The molecule has 0 aliphatic carbocycles. The number of nitrogens with zero attached hydrogens (tertiary/aromatic N) is 2. The number of nitrogens with one attached hydrogen (secondary N) is 1. The zero-order valence-electron chi connectivity index (χ0n) is 14.2. The van der Waals surface area contributed by atoms with Crippen LogP contribution in [0.2, 0.25) is 0 Å². The van der Waals surface area contributed by atoms with E-state index in [4.69, 9.17) is 4.74 Å². The lowest BCUT2D eigenvalue weighted by atomic mass is 10.1. The summed E-state index contributed by atoms with van der Waals surface area (Å²) in [6.45, 7) is 5.54. The van der Waals surface area contributed by atoms with Gasteiger partial charge in [-0.2, -0.15) is 0 Å². The first kappa shape index (κ1) is 16.8. The molecule has 1 N–H and O–H groups in total. The van der Waals surface area contributed by atoms with Crippen molar-refractivity contribution in [2.45, 2.75) is 32.4 Å². The molecule has 2 aliphatic heterocycles. The maximum Gasteiger partial charge on any atom is 0.317 e. The molecule has 0 bridgehead atoms. The van der Waals surface area contributed by atoms with Crippen molar-refractivity contribution in [1.29, 1.82) is 0 Å². The summed E-state index contributed by atoms with van der Waals surface area (Å²) in [6, 6.07) is 7.96. The molecule has 24 heavy (non-hydrogen) atoms. The van der Waals surface area contributed by atoms with Gasteiger partial charge < -0.3 is 19.9 Å². The van der Waals surface area contributed by atoms with Crippen molar-refractivity contribution >= 4 is 11.9 Å². The molecule has 6 nitrogen and oxygen atoms in total. The Labute approximate surface area is 142 Å². The van der Waals surface area contributed by atoms with E-state index in [1.807, 2.05) is 36.1 Å². The van der Waals surface area contributed by atoms with E-state index in [9.17, 15) is 9.59 Å². The van der Waals surface area contributed by atoms with Gasteiger partial charge in [0.25, 0.3) is 5.91 Å². The second-order valence-electron chi connectivity index (χ2n) is 6.40. The molecular formula is C18H25N3O3. The SMILES string of the molecule is Cc1ccccc1CNC(=O)N1CCN(C(=O)C2CCCO2)CC1. The van der Waals surface area contributed by atoms with Gasteiger partial charge >= 0.3 is 6.03 Å². The average molecular weight is 331 g/mol. The van der Waals surface area contributed by atoms with Crippen molar-refractivity contribution in [3.8, 4) is 0 Å². The van der Waals surface area contributed by atoms with Crippen molar-refractivity contribution in [1.82, 2.24) is 15.1 Å². The number of ether oxygens (including phenoxy) is 1. The molecule has 2 heterocycles. The third-order valence-corrected chi connectivity index (χ3v) is 4.77. The Hall–Kier alpha value is -2.08. The molecule has 0 spiro atoms. The Balaban J connectivity index is 1.45. The number of hydrogen-bond acceptors (Lipinski definition) is 3. The van der Waals surface area contributed by atoms with Crippen molar-refractivity contribution < 1.29 is 14.3 Å². The number of hydrogen-bond donors (Lipinski definition) is 1. The summed E-state index contributed by atoms with van der Waals surface area (Å²) in [4.78, 5) is 28.2. The summed E-state index contributed by atoms with van der Waals surface area (Å²) in [6.07, 6.45) is 1.50. The highest BCUT2D eigenvalue weighted by Gasteiger charge is 2.31. The molecule has 3 amide bonds. The van der Waals surface area contributed by atoms with Gasteiger partial charge in [-0.3, -0.25) is 4.79 Å². The summed E-state index contributed by atoms with van der Waals surface area (Å²) >= 11 is 0. The molecule has 1 atom stereocenters. The van der Waals surface area contributed by atoms with Crippen molar-refractivity contribution in [3.05, 3.63) is 35.4 Å². The standard InChI is InChI=1S/C18H25N3O3/c1-14-5-2-3-6-15(14)13-19-18(23)21-10-8-20(9-11-21)17(22)16-7-4-12-24-16/h2-3,5-6,16H,4,7-13H2,1H3,(H,19,23). The van der Waals surface area contributed by atoms with Gasteiger partial charge in [-0.15, -0.1) is 0 Å². The Morgan fingerprint density at radius 3 is 2.54 bits per heavy atom. The molecular weight excluding hydrogens is 306 g/mol. The first-order chi connectivity index (χ1) is 11.6. The lowest BCUT2D eigenvalue weighted by molar-refractivity contribution is -0.142. The van der Waals surface area contributed by atoms with E-state index in [1.165, 1.54) is 5.56 Å². The monoisotopic (exact) mass is 331 g/mol. The Kier molecular flexibility index (Phi) is 5.35. The van der Waals surface area contributed by atoms with Crippen LogP contribution >= 0.6 is 0 Å². The fourth-order valence-electron chi connectivity index (χ4n) is 3.20. The lowest BCUT2D eigenvalue weighted by Gasteiger charge is -2.35. The first-order valence-electron chi connectivity index (χ1n) is 8.63. The quantitative estimate of drug-likeness (QED) is 0.914. The Bertz CT molecular complexity index is 591. The Morgan fingerprint density at radius 2 is 1.88 bits per heavy atom. The summed E-state index contributed by atoms with van der Waals surface area (Å²) in [5.41, 5.74) is 2.29. The van der Waals surface area contributed by atoms with E-state index >= 15 is 0 Å². The fraction of sp³-hybridized carbons (Fsp3) is 0.556. The van der Waals surface area contributed by atoms with Crippen LogP contribution in [0.1, 0.15) is 24.0 Å². The van der Waals surface area contributed by atoms with E-state index < -0.39 is 0 Å². The lowest BCUT2D eigenvalue weighted by Crippen LogP contribution is -2.54. The Morgan fingerprint density at radius 1 is 1.17 bits per heavy atom. The van der Waals surface area contributed by atoms with Crippen LogP contribution in [0.4, 0.5) is 4.79 Å². The van der Waals surface area contributed by atoms with Crippen LogP contribution in [0, 0.1) is 6.92 Å². The molecule has 1 aromatic carbocycles. The molecule has 0 radical (unpaired) electrons. The topological polar surface area (TPSA) is 61.9 Å². The van der Waals surface area contributed by atoms with Gasteiger partial charge in [0.1, 0.15) is 6.10 Å². The van der Waals surface area contributed by atoms with Gasteiger partial charge in [-0.1, -0.05) is 24.3 Å². The minimum Gasteiger partial charge on any atom is -0.368 e. The number of piperazine rings is 1. The van der Waals surface area contributed by atoms with Gasteiger partial charge in [0.2, 0.25) is 0 Å². The van der Waals surface area contributed by atoms with E-state index in [0.717, 1.165) is 18.4 Å². The van der Waals surface area contributed by atoms with Crippen LogP contribution in [0.15, 0.2) is 24.3 Å². The summed E-state index contributed by atoms with van der Waals surface area (Å²) in [5, 5.41) is 2.97. The second kappa shape index (κ2) is 7.66. The normalized spacial score (nSPS) is 21.0. The minimum atomic E-state index is -0.272. The van der Waals surface area contributed by atoms with Crippen LogP contribution in [-0.4, -0.2) is 60.6 Å². The molecule has 130 valence electrons. The summed E-state index contributed by atoms with van der Waals surface area (Å²) < 4.78 is 5.46. The molecule has 0 saturated carbocycles. The number of benzene rings is 1. The van der Waals surface area contributed by atoms with Crippen molar-refractivity contribution in [3.63, 3.8) is 0 Å². The molecule has 2 fully saturated rings. The smallest absolute Gasteiger partial charge is 0.317 e. The number of amides is 3. The van der Waals surface area contributed by atoms with Crippen molar-refractivity contribution in [2.75, 3.05) is 32.8 Å². The predicted octanol–water partition coefficient (Wildman–Crippen LogP) is 1.53. The van der Waals surface area contributed by atoms with Gasteiger partial charge in [-0.25, -0.2) is 4.79 Å². The highest BCUT2D eigenvalue weighted by Crippen LogP contribution is 2.16. The zero-order chi connectivity index (χ0) is 16.9. The minimum absolute atomic E-state index is 0.0672. The molecule has 1 aromatic rings. The van der Waals surface area contributed by atoms with Crippen LogP contribution < -0.4 is 5.32 Å². The maximum atomic E-state index is 12.3. The third-order valence-electron chi connectivity index (χ3n) is 4.77. The number of carbonyl (C=O) groups is 2.